The molecule has 3 aromatic heterocycles. The van der Waals surface area contributed by atoms with Crippen LogP contribution in [0.5, 0.6) is 0 Å². The first-order valence-corrected chi connectivity index (χ1v) is 9.46. The van der Waals surface area contributed by atoms with Gasteiger partial charge >= 0.3 is 0 Å². The van der Waals surface area contributed by atoms with E-state index in [9.17, 15) is 13.6 Å². The van der Waals surface area contributed by atoms with E-state index in [0.717, 1.165) is 11.4 Å². The van der Waals surface area contributed by atoms with Gasteiger partial charge in [-0.3, -0.25) is 9.78 Å². The van der Waals surface area contributed by atoms with Gasteiger partial charge in [-0.05, 0) is 18.6 Å². The lowest BCUT2D eigenvalue weighted by Gasteiger charge is -2.29. The van der Waals surface area contributed by atoms with Gasteiger partial charge in [0, 0.05) is 19.2 Å². The molecule has 11 heteroatoms. The average molecular weight is 422 g/mol. The van der Waals surface area contributed by atoms with Gasteiger partial charge in [0.05, 0.1) is 42.3 Å². The second-order valence-electron chi connectivity index (χ2n) is 6.81. The van der Waals surface area contributed by atoms with Crippen molar-refractivity contribution in [3.8, 4) is 0 Å². The molecule has 4 rings (SSSR count). The van der Waals surface area contributed by atoms with Gasteiger partial charge < -0.3 is 4.90 Å². The number of H-pyrrole nitrogens is 1. The molecule has 0 saturated carbocycles. The molecule has 4 heterocycles. The maximum absolute atomic E-state index is 12.9. The molecule has 0 aromatic carbocycles. The fourth-order valence-electron chi connectivity index (χ4n) is 3.62. The SMILES string of the molecule is C[C@H](c1cccnc1CC(F)F)n1nnc2c1CCN(c1cn[nH]c(=O)c1Cl)C2. The molecule has 29 heavy (non-hydrogen) atoms. The highest BCUT2D eigenvalue weighted by molar-refractivity contribution is 6.32. The molecule has 0 saturated heterocycles. The second kappa shape index (κ2) is 7.86. The van der Waals surface area contributed by atoms with Crippen molar-refractivity contribution in [1.29, 1.82) is 0 Å². The maximum Gasteiger partial charge on any atom is 0.285 e. The number of anilines is 1. The Balaban J connectivity index is 1.62. The predicted octanol–water partition coefficient (Wildman–Crippen LogP) is 2.39. The van der Waals surface area contributed by atoms with E-state index in [1.54, 1.807) is 16.8 Å². The highest BCUT2D eigenvalue weighted by atomic mass is 35.5. The van der Waals surface area contributed by atoms with E-state index < -0.39 is 18.4 Å². The molecule has 1 N–H and O–H groups in total. The van der Waals surface area contributed by atoms with Crippen molar-refractivity contribution in [2.24, 2.45) is 0 Å². The minimum Gasteiger partial charge on any atom is -0.362 e. The number of alkyl halides is 2. The molecule has 0 bridgehead atoms. The molecule has 0 radical (unpaired) electrons. The summed E-state index contributed by atoms with van der Waals surface area (Å²) in [6.45, 7) is 2.91. The normalized spacial score (nSPS) is 14.9. The summed E-state index contributed by atoms with van der Waals surface area (Å²) in [5.74, 6) is 0. The fourth-order valence-corrected chi connectivity index (χ4v) is 3.83. The van der Waals surface area contributed by atoms with E-state index in [1.165, 1.54) is 12.4 Å². The quantitative estimate of drug-likeness (QED) is 0.680. The Morgan fingerprint density at radius 2 is 2.21 bits per heavy atom. The molecule has 8 nitrogen and oxygen atoms in total. The van der Waals surface area contributed by atoms with Gasteiger partial charge in [0.2, 0.25) is 6.43 Å². The third-order valence-electron chi connectivity index (χ3n) is 5.04. The van der Waals surface area contributed by atoms with Gasteiger partial charge in [0.1, 0.15) is 10.7 Å². The van der Waals surface area contributed by atoms with Crippen LogP contribution in [0.15, 0.2) is 29.3 Å². The largest absolute Gasteiger partial charge is 0.362 e. The summed E-state index contributed by atoms with van der Waals surface area (Å²) in [6, 6.07) is 3.23. The van der Waals surface area contributed by atoms with Crippen LogP contribution >= 0.6 is 11.6 Å². The van der Waals surface area contributed by atoms with E-state index in [1.807, 2.05) is 11.8 Å². The van der Waals surface area contributed by atoms with Crippen LogP contribution in [0.25, 0.3) is 0 Å². The lowest BCUT2D eigenvalue weighted by Crippen LogP contribution is -2.33. The molecule has 0 unspecified atom stereocenters. The Morgan fingerprint density at radius 1 is 1.38 bits per heavy atom. The zero-order valence-electron chi connectivity index (χ0n) is 15.5. The van der Waals surface area contributed by atoms with Crippen LogP contribution in [-0.4, -0.2) is 43.1 Å². The zero-order chi connectivity index (χ0) is 20.5. The number of aromatic amines is 1. The first-order valence-electron chi connectivity index (χ1n) is 9.08. The number of aromatic nitrogens is 6. The van der Waals surface area contributed by atoms with Crippen LogP contribution in [0.1, 0.15) is 35.6 Å². The Bertz CT molecular complexity index is 1080. The summed E-state index contributed by atoms with van der Waals surface area (Å²) in [6.07, 6.45) is 0.761. The first kappa shape index (κ1) is 19.4. The van der Waals surface area contributed by atoms with Crippen LogP contribution < -0.4 is 10.5 Å². The van der Waals surface area contributed by atoms with E-state index in [2.05, 4.69) is 25.5 Å². The van der Waals surface area contributed by atoms with Crippen LogP contribution in [0.4, 0.5) is 14.5 Å². The van der Waals surface area contributed by atoms with Crippen molar-refractivity contribution in [3.63, 3.8) is 0 Å². The van der Waals surface area contributed by atoms with Gasteiger partial charge in [-0.1, -0.05) is 22.9 Å². The summed E-state index contributed by atoms with van der Waals surface area (Å²) < 4.78 is 27.6. The first-order chi connectivity index (χ1) is 14.0. The van der Waals surface area contributed by atoms with Gasteiger partial charge in [-0.2, -0.15) is 5.10 Å². The fraction of sp³-hybridized carbons (Fsp3) is 0.389. The molecule has 152 valence electrons. The van der Waals surface area contributed by atoms with Crippen LogP contribution in [0, 0.1) is 0 Å². The van der Waals surface area contributed by atoms with Crippen LogP contribution in [0.3, 0.4) is 0 Å². The zero-order valence-corrected chi connectivity index (χ0v) is 16.3. The van der Waals surface area contributed by atoms with Crippen LogP contribution in [-0.2, 0) is 19.4 Å². The Hall–Kier alpha value is -2.88. The number of nitrogens with zero attached hydrogens (tertiary/aromatic N) is 6. The molecule has 1 atom stereocenters. The van der Waals surface area contributed by atoms with Crippen molar-refractivity contribution >= 4 is 17.3 Å². The van der Waals surface area contributed by atoms with Crippen molar-refractivity contribution in [3.05, 3.63) is 62.5 Å². The maximum atomic E-state index is 12.9. The van der Waals surface area contributed by atoms with Crippen molar-refractivity contribution in [2.75, 3.05) is 11.4 Å². The molecule has 0 amide bonds. The number of pyridine rings is 1. The van der Waals surface area contributed by atoms with Crippen molar-refractivity contribution in [1.82, 2.24) is 30.2 Å². The topological polar surface area (TPSA) is 92.6 Å². The van der Waals surface area contributed by atoms with Gasteiger partial charge in [0.25, 0.3) is 5.56 Å². The van der Waals surface area contributed by atoms with Crippen molar-refractivity contribution < 1.29 is 8.78 Å². The standard InChI is InChI=1S/C18H18ClF2N7O/c1-10(11-3-2-5-22-12(11)7-16(20)21)28-14-4-6-27(9-13(14)24-26-28)15-8-23-25-18(29)17(15)19/h2-3,5,8,10,16H,4,6-7,9H2,1H3,(H,25,29)/t10-/m1/s1. The number of fused-ring (bicyclic) bond motifs is 1. The lowest BCUT2D eigenvalue weighted by atomic mass is 10.0. The summed E-state index contributed by atoms with van der Waals surface area (Å²) in [5.41, 5.74) is 2.82. The predicted molar refractivity (Wildman–Crippen MR) is 102 cm³/mol. The summed E-state index contributed by atoms with van der Waals surface area (Å²) in [5, 5.41) is 14.7. The third kappa shape index (κ3) is 3.71. The summed E-state index contributed by atoms with van der Waals surface area (Å²) >= 11 is 6.11. The van der Waals surface area contributed by atoms with E-state index >= 15 is 0 Å². The number of rotatable bonds is 5. The molecule has 1 aliphatic heterocycles. The highest BCUT2D eigenvalue weighted by Gasteiger charge is 2.27. The summed E-state index contributed by atoms with van der Waals surface area (Å²) in [4.78, 5) is 17.8. The second-order valence-corrected chi connectivity index (χ2v) is 7.19. The highest BCUT2D eigenvalue weighted by Crippen LogP contribution is 2.29. The Kier molecular flexibility index (Phi) is 5.27. The smallest absolute Gasteiger partial charge is 0.285 e. The monoisotopic (exact) mass is 421 g/mol. The van der Waals surface area contributed by atoms with E-state index in [-0.39, 0.29) is 11.1 Å². The average Bonchev–Trinajstić information content (AvgIpc) is 3.13. The molecular weight excluding hydrogens is 404 g/mol. The number of halogens is 3. The van der Waals surface area contributed by atoms with Gasteiger partial charge in [-0.15, -0.1) is 5.10 Å². The summed E-state index contributed by atoms with van der Waals surface area (Å²) in [7, 11) is 0. The molecule has 0 aliphatic carbocycles. The molecular formula is C18H18ClF2N7O. The lowest BCUT2D eigenvalue weighted by molar-refractivity contribution is 0.147. The Labute approximate surface area is 169 Å². The number of nitrogens with one attached hydrogen (secondary N) is 1. The molecule has 0 spiro atoms. The van der Waals surface area contributed by atoms with Gasteiger partial charge in [-0.25, -0.2) is 18.6 Å². The number of hydrogen-bond acceptors (Lipinski definition) is 6. The Morgan fingerprint density at radius 3 is 3.00 bits per heavy atom. The molecule has 1 aliphatic rings. The van der Waals surface area contributed by atoms with Crippen molar-refractivity contribution in [2.45, 2.75) is 38.8 Å². The van der Waals surface area contributed by atoms with E-state index in [4.69, 9.17) is 11.6 Å². The van der Waals surface area contributed by atoms with E-state index in [0.29, 0.717) is 36.5 Å². The third-order valence-corrected chi connectivity index (χ3v) is 5.40. The minimum atomic E-state index is -2.47. The van der Waals surface area contributed by atoms with Crippen LogP contribution in [0.2, 0.25) is 5.02 Å². The number of hydrogen-bond donors (Lipinski definition) is 1. The molecule has 0 fully saturated rings. The minimum absolute atomic E-state index is 0.0798. The molecule has 3 aromatic rings. The van der Waals surface area contributed by atoms with Gasteiger partial charge in [0.15, 0.2) is 0 Å².